The summed E-state index contributed by atoms with van der Waals surface area (Å²) in [5, 5.41) is 5.57. The second-order valence-corrected chi connectivity index (χ2v) is 2.91. The van der Waals surface area contributed by atoms with E-state index in [2.05, 4.69) is 36.2 Å². The molecule has 0 unspecified atom stereocenters. The fourth-order valence-corrected chi connectivity index (χ4v) is 1.40. The number of nitrogens with one attached hydrogen (secondary N) is 1. The molecule has 0 heterocycles. The maximum Gasteiger partial charge on any atom is 0.0385 e. The summed E-state index contributed by atoms with van der Waals surface area (Å²) in [5.74, 6) is 0. The minimum Gasteiger partial charge on any atom is -0.362 e. The van der Waals surface area contributed by atoms with Gasteiger partial charge in [0.15, 0.2) is 0 Å². The number of hydrogen-bond donors (Lipinski definition) is 1. The van der Waals surface area contributed by atoms with E-state index < -0.39 is 0 Å². The Hall–Kier alpha value is -1.76. The van der Waals surface area contributed by atoms with Gasteiger partial charge in [0.1, 0.15) is 0 Å². The Morgan fingerprint density at radius 2 is 1.77 bits per heavy atom. The van der Waals surface area contributed by atoms with Crippen molar-refractivity contribution in [3.05, 3.63) is 55.2 Å². The van der Waals surface area contributed by atoms with Gasteiger partial charge in [-0.2, -0.15) is 0 Å². The number of hydrogen-bond acceptors (Lipinski definition) is 1. The molecule has 0 saturated heterocycles. The zero-order valence-electron chi connectivity index (χ0n) is 7.33. The Labute approximate surface area is 77.7 Å². The second-order valence-electron chi connectivity index (χ2n) is 2.91. The average molecular weight is 169 g/mol. The first-order valence-corrected chi connectivity index (χ1v) is 4.26. The Kier molecular flexibility index (Phi) is 2.01. The van der Waals surface area contributed by atoms with E-state index in [1.165, 1.54) is 10.8 Å². The molecule has 0 saturated carbocycles. The van der Waals surface area contributed by atoms with E-state index in [0.717, 1.165) is 5.69 Å². The Balaban J connectivity index is 2.55. The van der Waals surface area contributed by atoms with E-state index in [-0.39, 0.29) is 0 Å². The van der Waals surface area contributed by atoms with E-state index in [1.807, 2.05) is 18.2 Å². The van der Waals surface area contributed by atoms with Crippen LogP contribution in [0.25, 0.3) is 10.8 Å². The van der Waals surface area contributed by atoms with Gasteiger partial charge in [-0.05, 0) is 29.1 Å². The molecule has 64 valence electrons. The van der Waals surface area contributed by atoms with Crippen LogP contribution in [0.1, 0.15) is 0 Å². The van der Waals surface area contributed by atoms with E-state index in [1.54, 1.807) is 6.20 Å². The largest absolute Gasteiger partial charge is 0.362 e. The third kappa shape index (κ3) is 1.54. The van der Waals surface area contributed by atoms with Crippen molar-refractivity contribution in [3.63, 3.8) is 0 Å². The number of fused-ring (bicyclic) bond motifs is 1. The molecule has 0 bridgehead atoms. The Morgan fingerprint density at radius 3 is 2.54 bits per heavy atom. The van der Waals surface area contributed by atoms with Crippen LogP contribution in [0.4, 0.5) is 5.69 Å². The molecular weight excluding hydrogens is 158 g/mol. The molecular formula is C12H11N. The molecule has 2 rings (SSSR count). The summed E-state index contributed by atoms with van der Waals surface area (Å²) in [7, 11) is 0. The highest BCUT2D eigenvalue weighted by Crippen LogP contribution is 2.18. The molecule has 13 heavy (non-hydrogen) atoms. The molecule has 2 aromatic carbocycles. The molecule has 0 amide bonds. The zero-order chi connectivity index (χ0) is 9.10. The van der Waals surface area contributed by atoms with E-state index in [4.69, 9.17) is 0 Å². The lowest BCUT2D eigenvalue weighted by Gasteiger charge is -2.02. The summed E-state index contributed by atoms with van der Waals surface area (Å²) in [5.41, 5.74) is 1.08. The van der Waals surface area contributed by atoms with Crippen LogP contribution in [0.3, 0.4) is 0 Å². The fourth-order valence-electron chi connectivity index (χ4n) is 1.40. The second kappa shape index (κ2) is 3.31. The number of anilines is 1. The zero-order valence-corrected chi connectivity index (χ0v) is 7.33. The molecule has 0 spiro atoms. The molecule has 1 N–H and O–H groups in total. The smallest absolute Gasteiger partial charge is 0.0385 e. The third-order valence-corrected chi connectivity index (χ3v) is 2.02. The topological polar surface area (TPSA) is 12.0 Å². The minimum atomic E-state index is 1.08. The predicted octanol–water partition coefficient (Wildman–Crippen LogP) is 3.40. The quantitative estimate of drug-likeness (QED) is 0.726. The van der Waals surface area contributed by atoms with Crippen LogP contribution < -0.4 is 5.32 Å². The summed E-state index contributed by atoms with van der Waals surface area (Å²) < 4.78 is 0. The number of rotatable bonds is 2. The van der Waals surface area contributed by atoms with Crippen LogP contribution in [0.5, 0.6) is 0 Å². The van der Waals surface area contributed by atoms with Crippen molar-refractivity contribution in [1.82, 2.24) is 0 Å². The first kappa shape index (κ1) is 7.87. The van der Waals surface area contributed by atoms with E-state index in [9.17, 15) is 0 Å². The van der Waals surface area contributed by atoms with Gasteiger partial charge >= 0.3 is 0 Å². The molecule has 0 aliphatic carbocycles. The summed E-state index contributed by atoms with van der Waals surface area (Å²) in [6.45, 7) is 3.62. The fraction of sp³-hybridized carbons (Fsp3) is 0. The summed E-state index contributed by atoms with van der Waals surface area (Å²) in [4.78, 5) is 0. The standard InChI is InChI=1S/C12H11N/c1-2-13-12-8-7-10-5-3-4-6-11(10)9-12/h2-9,13H,1H2. The first-order valence-electron chi connectivity index (χ1n) is 4.26. The highest BCUT2D eigenvalue weighted by Gasteiger charge is 1.92. The van der Waals surface area contributed by atoms with Crippen molar-refractivity contribution in [1.29, 1.82) is 0 Å². The normalized spacial score (nSPS) is 9.85. The van der Waals surface area contributed by atoms with Gasteiger partial charge < -0.3 is 5.32 Å². The number of benzene rings is 2. The van der Waals surface area contributed by atoms with Crippen molar-refractivity contribution < 1.29 is 0 Å². The lowest BCUT2D eigenvalue weighted by molar-refractivity contribution is 1.62. The van der Waals surface area contributed by atoms with Crippen molar-refractivity contribution in [2.24, 2.45) is 0 Å². The molecule has 0 atom stereocenters. The average Bonchev–Trinajstić information content (AvgIpc) is 2.18. The Morgan fingerprint density at radius 1 is 1.00 bits per heavy atom. The molecule has 1 nitrogen and oxygen atoms in total. The predicted molar refractivity (Wildman–Crippen MR) is 57.8 cm³/mol. The third-order valence-electron chi connectivity index (χ3n) is 2.02. The highest BCUT2D eigenvalue weighted by molar-refractivity contribution is 5.85. The van der Waals surface area contributed by atoms with Crippen molar-refractivity contribution in [2.45, 2.75) is 0 Å². The summed E-state index contributed by atoms with van der Waals surface area (Å²) in [6.07, 6.45) is 1.68. The first-order chi connectivity index (χ1) is 6.40. The maximum absolute atomic E-state index is 3.62. The Bertz CT molecular complexity index is 432. The van der Waals surface area contributed by atoms with E-state index in [0.29, 0.717) is 0 Å². The summed E-state index contributed by atoms with van der Waals surface area (Å²) in [6, 6.07) is 14.5. The molecule has 0 aliphatic rings. The van der Waals surface area contributed by atoms with Crippen LogP contribution in [0.2, 0.25) is 0 Å². The van der Waals surface area contributed by atoms with Crippen LogP contribution >= 0.6 is 0 Å². The van der Waals surface area contributed by atoms with Gasteiger partial charge in [-0.1, -0.05) is 36.9 Å². The van der Waals surface area contributed by atoms with Crippen LogP contribution in [-0.4, -0.2) is 0 Å². The van der Waals surface area contributed by atoms with Gasteiger partial charge in [0.2, 0.25) is 0 Å². The molecule has 0 radical (unpaired) electrons. The van der Waals surface area contributed by atoms with Gasteiger partial charge in [-0.3, -0.25) is 0 Å². The lowest BCUT2D eigenvalue weighted by Crippen LogP contribution is -1.84. The SMILES string of the molecule is C=CNc1ccc2ccccc2c1. The molecule has 0 aliphatic heterocycles. The van der Waals surface area contributed by atoms with Crippen LogP contribution in [-0.2, 0) is 0 Å². The lowest BCUT2D eigenvalue weighted by atomic mass is 10.1. The molecule has 2 aromatic rings. The monoisotopic (exact) mass is 169 g/mol. The van der Waals surface area contributed by atoms with Gasteiger partial charge in [0.05, 0.1) is 0 Å². The van der Waals surface area contributed by atoms with Gasteiger partial charge in [0.25, 0.3) is 0 Å². The molecule has 0 fully saturated rings. The summed E-state index contributed by atoms with van der Waals surface area (Å²) >= 11 is 0. The highest BCUT2D eigenvalue weighted by atomic mass is 14.8. The van der Waals surface area contributed by atoms with Gasteiger partial charge in [0, 0.05) is 5.69 Å². The maximum atomic E-state index is 3.62. The van der Waals surface area contributed by atoms with Gasteiger partial charge in [-0.25, -0.2) is 0 Å². The van der Waals surface area contributed by atoms with Crippen LogP contribution in [0, 0.1) is 0 Å². The van der Waals surface area contributed by atoms with Crippen LogP contribution in [0.15, 0.2) is 55.2 Å². The van der Waals surface area contributed by atoms with Crippen molar-refractivity contribution >= 4 is 16.5 Å². The van der Waals surface area contributed by atoms with Gasteiger partial charge in [-0.15, -0.1) is 0 Å². The molecule has 1 heteroatoms. The van der Waals surface area contributed by atoms with Crippen molar-refractivity contribution in [2.75, 3.05) is 5.32 Å². The van der Waals surface area contributed by atoms with Crippen molar-refractivity contribution in [3.8, 4) is 0 Å². The molecule has 0 aromatic heterocycles. The van der Waals surface area contributed by atoms with E-state index >= 15 is 0 Å². The minimum absolute atomic E-state index is 1.08.